The normalized spacial score (nSPS) is 14.5. The maximum atomic E-state index is 9.78. The first kappa shape index (κ1) is 11.4. The van der Waals surface area contributed by atoms with E-state index in [1.54, 1.807) is 0 Å². The summed E-state index contributed by atoms with van der Waals surface area (Å²) in [6, 6.07) is 0. The molecule has 0 saturated carbocycles. The van der Waals surface area contributed by atoms with Gasteiger partial charge in [-0.1, -0.05) is 41.1 Å². The third-order valence-corrected chi connectivity index (χ3v) is 5.12. The van der Waals surface area contributed by atoms with E-state index in [2.05, 4.69) is 35.6 Å². The molecule has 3 heteroatoms. The Hall–Kier alpha value is 0.397. The summed E-state index contributed by atoms with van der Waals surface area (Å²) in [5.74, 6) is 0. The van der Waals surface area contributed by atoms with Gasteiger partial charge in [-0.25, -0.2) is 0 Å². The Balaban J connectivity index is 4.52. The SMILES string of the molecule is CC(C)=C(Br)C(O)[Si](C)(C)C. The minimum Gasteiger partial charge on any atom is -0.391 e. The molecule has 0 bridgehead atoms. The Kier molecular flexibility index (Phi) is 4.01. The van der Waals surface area contributed by atoms with Crippen LogP contribution in [0.4, 0.5) is 0 Å². The fourth-order valence-electron chi connectivity index (χ4n) is 0.654. The molecular formula is C8H17BrOSi. The van der Waals surface area contributed by atoms with Gasteiger partial charge in [-0.15, -0.1) is 0 Å². The van der Waals surface area contributed by atoms with Gasteiger partial charge in [-0.3, -0.25) is 0 Å². The Morgan fingerprint density at radius 3 is 1.73 bits per heavy atom. The van der Waals surface area contributed by atoms with E-state index >= 15 is 0 Å². The van der Waals surface area contributed by atoms with Crippen LogP contribution in [0.25, 0.3) is 0 Å². The van der Waals surface area contributed by atoms with Crippen LogP contribution in [0.1, 0.15) is 13.8 Å². The third kappa shape index (κ3) is 3.54. The molecule has 0 aromatic carbocycles. The van der Waals surface area contributed by atoms with E-state index in [4.69, 9.17) is 0 Å². The van der Waals surface area contributed by atoms with Gasteiger partial charge in [0.15, 0.2) is 0 Å². The van der Waals surface area contributed by atoms with Gasteiger partial charge < -0.3 is 5.11 Å². The predicted octanol–water partition coefficient (Wildman–Crippen LogP) is 2.91. The van der Waals surface area contributed by atoms with Crippen molar-refractivity contribution < 1.29 is 5.11 Å². The van der Waals surface area contributed by atoms with Gasteiger partial charge in [-0.05, 0) is 13.8 Å². The van der Waals surface area contributed by atoms with Crippen molar-refractivity contribution in [3.8, 4) is 0 Å². The summed E-state index contributed by atoms with van der Waals surface area (Å²) in [7, 11) is -1.44. The summed E-state index contributed by atoms with van der Waals surface area (Å²) in [5, 5.41) is 9.78. The lowest BCUT2D eigenvalue weighted by molar-refractivity contribution is 0.287. The first-order valence-electron chi connectivity index (χ1n) is 3.77. The molecule has 0 aliphatic carbocycles. The molecule has 0 radical (unpaired) electrons. The smallest absolute Gasteiger partial charge is 0.0845 e. The van der Waals surface area contributed by atoms with Gasteiger partial charge in [-0.2, -0.15) is 0 Å². The zero-order valence-corrected chi connectivity index (χ0v) is 10.5. The molecule has 0 amide bonds. The van der Waals surface area contributed by atoms with Crippen LogP contribution >= 0.6 is 15.9 Å². The number of aliphatic hydroxyl groups excluding tert-OH is 1. The molecule has 0 aromatic rings. The molecule has 1 nitrogen and oxygen atoms in total. The summed E-state index contributed by atoms with van der Waals surface area (Å²) in [6.45, 7) is 10.5. The van der Waals surface area contributed by atoms with Gasteiger partial charge in [0.2, 0.25) is 0 Å². The van der Waals surface area contributed by atoms with E-state index in [0.29, 0.717) is 0 Å². The lowest BCUT2D eigenvalue weighted by Crippen LogP contribution is -2.38. The van der Waals surface area contributed by atoms with Gasteiger partial charge in [0.05, 0.1) is 13.8 Å². The molecular weight excluding hydrogens is 220 g/mol. The summed E-state index contributed by atoms with van der Waals surface area (Å²) in [6.07, 6.45) is 0. The second-order valence-electron chi connectivity index (χ2n) is 4.12. The van der Waals surface area contributed by atoms with Crippen molar-refractivity contribution in [3.63, 3.8) is 0 Å². The Morgan fingerprint density at radius 2 is 1.64 bits per heavy atom. The molecule has 11 heavy (non-hydrogen) atoms. The molecule has 0 saturated heterocycles. The second kappa shape index (κ2) is 3.87. The Bertz CT molecular complexity index is 165. The molecule has 0 aromatic heterocycles. The highest BCUT2D eigenvalue weighted by Gasteiger charge is 2.27. The van der Waals surface area contributed by atoms with Crippen LogP contribution < -0.4 is 0 Å². The van der Waals surface area contributed by atoms with Crippen LogP contribution in [0, 0.1) is 0 Å². The van der Waals surface area contributed by atoms with E-state index in [1.807, 2.05) is 13.8 Å². The summed E-state index contributed by atoms with van der Waals surface area (Å²) in [5.41, 5.74) is 0.910. The van der Waals surface area contributed by atoms with Gasteiger partial charge in [0.25, 0.3) is 0 Å². The molecule has 0 aliphatic heterocycles. The van der Waals surface area contributed by atoms with Crippen LogP contribution in [-0.4, -0.2) is 18.9 Å². The van der Waals surface area contributed by atoms with Crippen LogP contribution in [0.15, 0.2) is 10.1 Å². The van der Waals surface area contributed by atoms with Gasteiger partial charge >= 0.3 is 0 Å². The van der Waals surface area contributed by atoms with Crippen LogP contribution in [0.2, 0.25) is 19.6 Å². The van der Waals surface area contributed by atoms with Gasteiger partial charge in [0.1, 0.15) is 0 Å². The molecule has 1 atom stereocenters. The summed E-state index contributed by atoms with van der Waals surface area (Å²) >= 11 is 3.41. The zero-order chi connectivity index (χ0) is 9.23. The van der Waals surface area contributed by atoms with Crippen LogP contribution in [0.3, 0.4) is 0 Å². The average Bonchev–Trinajstić information content (AvgIpc) is 1.82. The highest BCUT2D eigenvalue weighted by Crippen LogP contribution is 2.23. The molecule has 0 spiro atoms. The topological polar surface area (TPSA) is 20.2 Å². The monoisotopic (exact) mass is 236 g/mol. The predicted molar refractivity (Wildman–Crippen MR) is 56.7 cm³/mol. The zero-order valence-electron chi connectivity index (χ0n) is 7.90. The number of halogens is 1. The molecule has 0 aliphatic rings. The summed E-state index contributed by atoms with van der Waals surface area (Å²) < 4.78 is 0.969. The maximum Gasteiger partial charge on any atom is 0.0845 e. The van der Waals surface area contributed by atoms with Crippen molar-refractivity contribution in [2.75, 3.05) is 0 Å². The quantitative estimate of drug-likeness (QED) is 0.732. The molecule has 1 unspecified atom stereocenters. The van der Waals surface area contributed by atoms with E-state index < -0.39 is 8.07 Å². The molecule has 0 rings (SSSR count). The highest BCUT2D eigenvalue weighted by molar-refractivity contribution is 9.11. The summed E-state index contributed by atoms with van der Waals surface area (Å²) in [4.78, 5) is 0. The van der Waals surface area contributed by atoms with E-state index in [1.165, 1.54) is 5.57 Å². The second-order valence-corrected chi connectivity index (χ2v) is 10.2. The number of aliphatic hydroxyl groups is 1. The lowest BCUT2D eigenvalue weighted by atomic mass is 10.3. The van der Waals surface area contributed by atoms with E-state index in [9.17, 15) is 5.11 Å². The van der Waals surface area contributed by atoms with Gasteiger partial charge in [0, 0.05) is 4.48 Å². The molecule has 0 heterocycles. The average molecular weight is 237 g/mol. The lowest BCUT2D eigenvalue weighted by Gasteiger charge is -2.24. The van der Waals surface area contributed by atoms with Crippen molar-refractivity contribution >= 4 is 24.0 Å². The fraction of sp³-hybridized carbons (Fsp3) is 0.750. The molecule has 66 valence electrons. The fourth-order valence-corrected chi connectivity index (χ4v) is 3.76. The molecule has 1 N–H and O–H groups in total. The minimum atomic E-state index is -1.44. The van der Waals surface area contributed by atoms with Crippen molar-refractivity contribution in [2.24, 2.45) is 0 Å². The molecule has 0 fully saturated rings. The van der Waals surface area contributed by atoms with Crippen molar-refractivity contribution in [1.82, 2.24) is 0 Å². The van der Waals surface area contributed by atoms with Crippen molar-refractivity contribution in [2.45, 2.75) is 39.2 Å². The van der Waals surface area contributed by atoms with E-state index in [-0.39, 0.29) is 5.73 Å². The minimum absolute atomic E-state index is 0.257. The Morgan fingerprint density at radius 1 is 1.27 bits per heavy atom. The number of allylic oxidation sites excluding steroid dienone is 1. The Labute approximate surface area is 78.6 Å². The van der Waals surface area contributed by atoms with Crippen LogP contribution in [-0.2, 0) is 0 Å². The maximum absolute atomic E-state index is 9.78. The number of hydrogen-bond acceptors (Lipinski definition) is 1. The first-order chi connectivity index (χ1) is 4.76. The number of hydrogen-bond donors (Lipinski definition) is 1. The largest absolute Gasteiger partial charge is 0.391 e. The first-order valence-corrected chi connectivity index (χ1v) is 8.14. The number of rotatable bonds is 2. The van der Waals surface area contributed by atoms with Crippen molar-refractivity contribution in [1.29, 1.82) is 0 Å². The standard InChI is InChI=1S/C8H17BrOSi/c1-6(2)7(9)8(10)11(3,4)5/h8,10H,1-5H3. The third-order valence-electron chi connectivity index (χ3n) is 1.54. The van der Waals surface area contributed by atoms with Crippen LogP contribution in [0.5, 0.6) is 0 Å². The highest BCUT2D eigenvalue weighted by atomic mass is 79.9. The van der Waals surface area contributed by atoms with E-state index in [0.717, 1.165) is 4.48 Å². The van der Waals surface area contributed by atoms with Crippen molar-refractivity contribution in [3.05, 3.63) is 10.1 Å².